The van der Waals surface area contributed by atoms with Crippen LogP contribution in [0, 0.1) is 13.8 Å². The van der Waals surface area contributed by atoms with Crippen molar-refractivity contribution < 1.29 is 9.59 Å². The van der Waals surface area contributed by atoms with Crippen LogP contribution >= 0.6 is 15.9 Å². The van der Waals surface area contributed by atoms with Gasteiger partial charge >= 0.3 is 0 Å². The third-order valence-electron chi connectivity index (χ3n) is 4.37. The summed E-state index contributed by atoms with van der Waals surface area (Å²) < 4.78 is 0.898. The number of anilines is 1. The molecule has 4 nitrogen and oxygen atoms in total. The van der Waals surface area contributed by atoms with Crippen molar-refractivity contribution in [2.24, 2.45) is 0 Å². The Morgan fingerprint density at radius 1 is 1.00 bits per heavy atom. The van der Waals surface area contributed by atoms with Crippen molar-refractivity contribution in [3.05, 3.63) is 69.3 Å². The van der Waals surface area contributed by atoms with Gasteiger partial charge in [0.2, 0.25) is 0 Å². The number of nitrogens with one attached hydrogen (secondary N) is 1. The normalized spacial score (nSPS) is 14.5. The Morgan fingerprint density at radius 3 is 2.40 bits per heavy atom. The fraction of sp³-hybridized carbons (Fsp3) is 0.200. The van der Waals surface area contributed by atoms with E-state index in [0.29, 0.717) is 17.8 Å². The summed E-state index contributed by atoms with van der Waals surface area (Å²) in [6.07, 6.45) is 0. The van der Waals surface area contributed by atoms with Crippen LogP contribution in [0.4, 0.5) is 5.69 Å². The van der Waals surface area contributed by atoms with Gasteiger partial charge in [-0.2, -0.15) is 0 Å². The zero-order chi connectivity index (χ0) is 18.1. The standard InChI is InChI=1S/C20H19BrN2O2/c1-4-23-19(24)17(14-9-8-12(2)13(3)10-14)18(20(23)25)22-16-7-5-6-15(21)11-16/h5-11,22H,4H2,1-3H3. The Labute approximate surface area is 155 Å². The van der Waals surface area contributed by atoms with E-state index in [0.717, 1.165) is 26.9 Å². The Bertz CT molecular complexity index is 902. The summed E-state index contributed by atoms with van der Waals surface area (Å²) >= 11 is 3.42. The van der Waals surface area contributed by atoms with Crippen molar-refractivity contribution in [2.75, 3.05) is 11.9 Å². The first-order chi connectivity index (χ1) is 11.9. The molecule has 0 radical (unpaired) electrons. The molecular formula is C20H19BrN2O2. The summed E-state index contributed by atoms with van der Waals surface area (Å²) in [7, 11) is 0. The second kappa shape index (κ2) is 6.84. The maximum absolute atomic E-state index is 12.8. The zero-order valence-electron chi connectivity index (χ0n) is 14.4. The van der Waals surface area contributed by atoms with E-state index in [2.05, 4.69) is 21.2 Å². The Kier molecular flexibility index (Phi) is 4.77. The number of benzene rings is 2. The van der Waals surface area contributed by atoms with Crippen molar-refractivity contribution >= 4 is 39.0 Å². The van der Waals surface area contributed by atoms with Crippen LogP contribution in [0.1, 0.15) is 23.6 Å². The predicted molar refractivity (Wildman–Crippen MR) is 103 cm³/mol. The van der Waals surface area contributed by atoms with Crippen LogP contribution in [0.5, 0.6) is 0 Å². The number of carbonyl (C=O) groups is 2. The lowest BCUT2D eigenvalue weighted by molar-refractivity contribution is -0.136. The molecule has 0 bridgehead atoms. The van der Waals surface area contributed by atoms with E-state index in [4.69, 9.17) is 0 Å². The van der Waals surface area contributed by atoms with Crippen LogP contribution in [0.15, 0.2) is 52.6 Å². The molecule has 5 heteroatoms. The van der Waals surface area contributed by atoms with Crippen molar-refractivity contribution in [3.63, 3.8) is 0 Å². The number of likely N-dealkylation sites (N-methyl/N-ethyl adjacent to an activating group) is 1. The van der Waals surface area contributed by atoms with Crippen LogP contribution in [-0.2, 0) is 9.59 Å². The molecule has 25 heavy (non-hydrogen) atoms. The highest BCUT2D eigenvalue weighted by molar-refractivity contribution is 9.10. The number of hydrogen-bond donors (Lipinski definition) is 1. The second-order valence-corrected chi connectivity index (χ2v) is 6.95. The summed E-state index contributed by atoms with van der Waals surface area (Å²) in [5.74, 6) is -0.547. The van der Waals surface area contributed by atoms with E-state index in [9.17, 15) is 9.59 Å². The quantitative estimate of drug-likeness (QED) is 0.781. The smallest absolute Gasteiger partial charge is 0.278 e. The van der Waals surface area contributed by atoms with Gasteiger partial charge in [-0.25, -0.2) is 0 Å². The van der Waals surface area contributed by atoms with Gasteiger partial charge in [-0.15, -0.1) is 0 Å². The maximum Gasteiger partial charge on any atom is 0.278 e. The SMILES string of the molecule is CCN1C(=O)C(Nc2cccc(Br)c2)=C(c2ccc(C)c(C)c2)C1=O. The second-order valence-electron chi connectivity index (χ2n) is 6.04. The Balaban J connectivity index is 2.12. The van der Waals surface area contributed by atoms with Gasteiger partial charge in [0.05, 0.1) is 5.57 Å². The molecular weight excluding hydrogens is 380 g/mol. The van der Waals surface area contributed by atoms with Crippen LogP contribution < -0.4 is 5.32 Å². The monoisotopic (exact) mass is 398 g/mol. The maximum atomic E-state index is 12.8. The third kappa shape index (κ3) is 3.24. The number of amides is 2. The number of hydrogen-bond acceptors (Lipinski definition) is 3. The highest BCUT2D eigenvalue weighted by atomic mass is 79.9. The van der Waals surface area contributed by atoms with Gasteiger partial charge in [-0.3, -0.25) is 14.5 Å². The summed E-state index contributed by atoms with van der Waals surface area (Å²) in [5, 5.41) is 3.15. The van der Waals surface area contributed by atoms with Gasteiger partial charge in [0.25, 0.3) is 11.8 Å². The molecule has 3 rings (SSSR count). The first kappa shape index (κ1) is 17.4. The molecule has 0 aromatic heterocycles. The van der Waals surface area contributed by atoms with E-state index in [1.807, 2.05) is 56.3 Å². The first-order valence-electron chi connectivity index (χ1n) is 8.13. The average Bonchev–Trinajstić information content (AvgIpc) is 2.80. The van der Waals surface area contributed by atoms with Crippen molar-refractivity contribution in [1.82, 2.24) is 4.90 Å². The molecule has 1 N–H and O–H groups in total. The predicted octanol–water partition coefficient (Wildman–Crippen LogP) is 4.28. The van der Waals surface area contributed by atoms with Gasteiger partial charge in [0.1, 0.15) is 5.70 Å². The minimum atomic E-state index is -0.291. The van der Waals surface area contributed by atoms with E-state index in [1.165, 1.54) is 4.90 Å². The van der Waals surface area contributed by atoms with Gasteiger partial charge in [-0.1, -0.05) is 40.2 Å². The summed E-state index contributed by atoms with van der Waals surface area (Å²) in [5.41, 5.74) is 4.50. The largest absolute Gasteiger partial charge is 0.350 e. The van der Waals surface area contributed by atoms with E-state index in [1.54, 1.807) is 6.92 Å². The molecule has 0 aliphatic carbocycles. The first-order valence-corrected chi connectivity index (χ1v) is 8.92. The van der Waals surface area contributed by atoms with E-state index >= 15 is 0 Å². The van der Waals surface area contributed by atoms with Gasteiger partial charge in [-0.05, 0) is 55.7 Å². The fourth-order valence-electron chi connectivity index (χ4n) is 2.85. The molecule has 0 atom stereocenters. The van der Waals surface area contributed by atoms with Gasteiger partial charge < -0.3 is 5.32 Å². The molecule has 128 valence electrons. The summed E-state index contributed by atoms with van der Waals surface area (Å²) in [6, 6.07) is 13.3. The van der Waals surface area contributed by atoms with E-state index < -0.39 is 0 Å². The lowest BCUT2D eigenvalue weighted by atomic mass is 9.99. The molecule has 1 aliphatic rings. The van der Waals surface area contributed by atoms with Crippen LogP contribution in [-0.4, -0.2) is 23.3 Å². The number of imide groups is 1. The zero-order valence-corrected chi connectivity index (χ0v) is 16.0. The van der Waals surface area contributed by atoms with Crippen LogP contribution in [0.25, 0.3) is 5.57 Å². The fourth-order valence-corrected chi connectivity index (χ4v) is 3.25. The highest BCUT2D eigenvalue weighted by Crippen LogP contribution is 2.31. The molecule has 2 aromatic rings. The van der Waals surface area contributed by atoms with Crippen molar-refractivity contribution in [3.8, 4) is 0 Å². The molecule has 0 unspecified atom stereocenters. The molecule has 0 saturated carbocycles. The summed E-state index contributed by atoms with van der Waals surface area (Å²) in [6.45, 7) is 6.17. The Hall–Kier alpha value is -2.40. The molecule has 0 saturated heterocycles. The minimum Gasteiger partial charge on any atom is -0.350 e. The molecule has 0 spiro atoms. The van der Waals surface area contributed by atoms with Crippen LogP contribution in [0.2, 0.25) is 0 Å². The van der Waals surface area contributed by atoms with Crippen LogP contribution in [0.3, 0.4) is 0 Å². The molecule has 1 heterocycles. The van der Waals surface area contributed by atoms with Crippen molar-refractivity contribution in [2.45, 2.75) is 20.8 Å². The number of halogens is 1. The summed E-state index contributed by atoms with van der Waals surface area (Å²) in [4.78, 5) is 26.8. The molecule has 1 aliphatic heterocycles. The molecule has 0 fully saturated rings. The Morgan fingerprint density at radius 2 is 1.76 bits per heavy atom. The van der Waals surface area contributed by atoms with Crippen molar-refractivity contribution in [1.29, 1.82) is 0 Å². The van der Waals surface area contributed by atoms with Gasteiger partial charge in [0.15, 0.2) is 0 Å². The average molecular weight is 399 g/mol. The van der Waals surface area contributed by atoms with E-state index in [-0.39, 0.29) is 11.8 Å². The molecule has 2 amide bonds. The van der Waals surface area contributed by atoms with Gasteiger partial charge in [0, 0.05) is 16.7 Å². The molecule has 2 aromatic carbocycles. The topological polar surface area (TPSA) is 49.4 Å². The lowest BCUT2D eigenvalue weighted by Gasteiger charge is -2.12. The highest BCUT2D eigenvalue weighted by Gasteiger charge is 2.38. The number of carbonyl (C=O) groups excluding carboxylic acids is 2. The lowest BCUT2D eigenvalue weighted by Crippen LogP contribution is -2.32. The minimum absolute atomic E-state index is 0.256. The number of rotatable bonds is 4. The number of aryl methyl sites for hydroxylation is 2. The third-order valence-corrected chi connectivity index (χ3v) is 4.87. The number of nitrogens with zero attached hydrogens (tertiary/aromatic N) is 1.